The van der Waals surface area contributed by atoms with Crippen LogP contribution in [0.3, 0.4) is 0 Å². The van der Waals surface area contributed by atoms with Crippen LogP contribution in [0.2, 0.25) is 0 Å². The molecule has 0 aliphatic rings. The molecule has 1 N–H and O–H groups in total. The summed E-state index contributed by atoms with van der Waals surface area (Å²) in [5.74, 6) is -0.789. The Labute approximate surface area is 122 Å². The van der Waals surface area contributed by atoms with Crippen molar-refractivity contribution < 1.29 is 9.90 Å². The summed E-state index contributed by atoms with van der Waals surface area (Å²) in [4.78, 5) is 15.4. The molecule has 0 aromatic carbocycles. The molecule has 0 radical (unpaired) electrons. The van der Waals surface area contributed by atoms with E-state index in [4.69, 9.17) is 5.11 Å². The van der Waals surface area contributed by atoms with Crippen LogP contribution in [0.1, 0.15) is 32.4 Å². The number of aryl methyl sites for hydroxylation is 3. The van der Waals surface area contributed by atoms with E-state index in [1.165, 1.54) is 11.8 Å². The van der Waals surface area contributed by atoms with Gasteiger partial charge in [-0.25, -0.2) is 9.67 Å². The largest absolute Gasteiger partial charge is 0.481 e. The van der Waals surface area contributed by atoms with Gasteiger partial charge in [-0.3, -0.25) is 4.79 Å². The van der Waals surface area contributed by atoms with Crippen molar-refractivity contribution in [2.24, 2.45) is 0 Å². The van der Waals surface area contributed by atoms with E-state index in [9.17, 15) is 4.79 Å². The van der Waals surface area contributed by atoms with E-state index < -0.39 is 5.97 Å². The fraction of sp³-hybridized carbons (Fsp3) is 0.615. The Kier molecular flexibility index (Phi) is 4.69. The third-order valence-corrected chi connectivity index (χ3v) is 4.08. The van der Waals surface area contributed by atoms with Crippen molar-refractivity contribution in [3.05, 3.63) is 5.69 Å². The molecule has 2 heterocycles. The first kappa shape index (κ1) is 14.9. The fourth-order valence-electron chi connectivity index (χ4n) is 2.18. The first-order valence-corrected chi connectivity index (χ1v) is 7.85. The van der Waals surface area contributed by atoms with Crippen molar-refractivity contribution >= 4 is 28.9 Å². The second kappa shape index (κ2) is 6.30. The number of carbonyl (C=O) groups is 1. The summed E-state index contributed by atoms with van der Waals surface area (Å²) in [6.45, 7) is 7.76. The smallest absolute Gasteiger partial charge is 0.313 e. The van der Waals surface area contributed by atoms with Crippen LogP contribution < -0.4 is 0 Å². The van der Waals surface area contributed by atoms with Crippen molar-refractivity contribution in [1.29, 1.82) is 0 Å². The summed E-state index contributed by atoms with van der Waals surface area (Å²) >= 11 is 1.28. The third kappa shape index (κ3) is 2.82. The third-order valence-electron chi connectivity index (χ3n) is 3.12. The highest BCUT2D eigenvalue weighted by atomic mass is 32.2. The van der Waals surface area contributed by atoms with Gasteiger partial charge in [-0.2, -0.15) is 5.10 Å². The van der Waals surface area contributed by atoms with Crippen LogP contribution in [0.15, 0.2) is 5.16 Å². The van der Waals surface area contributed by atoms with Crippen LogP contribution in [0, 0.1) is 6.92 Å². The van der Waals surface area contributed by atoms with Crippen LogP contribution in [0.25, 0.3) is 11.2 Å². The maximum absolute atomic E-state index is 10.8. The average Bonchev–Trinajstić information content (AvgIpc) is 2.92. The molecule has 2 rings (SSSR count). The molecular formula is C13H20N4O2S. The number of aliphatic carboxylic acids is 1. The molecule has 2 aromatic rings. The lowest BCUT2D eigenvalue weighted by molar-refractivity contribution is -0.133. The number of carboxylic acids is 1. The number of hydrogen-bond donors (Lipinski definition) is 1. The molecule has 0 saturated heterocycles. The van der Waals surface area contributed by atoms with E-state index >= 15 is 0 Å². The van der Waals surface area contributed by atoms with Crippen LogP contribution in [0.4, 0.5) is 0 Å². The van der Waals surface area contributed by atoms with Gasteiger partial charge in [0.1, 0.15) is 5.52 Å². The van der Waals surface area contributed by atoms with Crippen molar-refractivity contribution in [1.82, 2.24) is 19.3 Å². The van der Waals surface area contributed by atoms with E-state index in [1.807, 2.05) is 18.5 Å². The van der Waals surface area contributed by atoms with Gasteiger partial charge in [0, 0.05) is 13.1 Å². The number of unbranched alkanes of at least 4 members (excludes halogenated alkanes) is 1. The lowest BCUT2D eigenvalue weighted by Gasteiger charge is -2.08. The van der Waals surface area contributed by atoms with Gasteiger partial charge in [0.15, 0.2) is 10.8 Å². The summed E-state index contributed by atoms with van der Waals surface area (Å²) in [5, 5.41) is 14.1. The maximum Gasteiger partial charge on any atom is 0.313 e. The van der Waals surface area contributed by atoms with E-state index in [-0.39, 0.29) is 5.75 Å². The minimum absolute atomic E-state index is 0.0321. The number of fused-ring (bicyclic) bond motifs is 1. The Morgan fingerprint density at radius 3 is 2.75 bits per heavy atom. The topological polar surface area (TPSA) is 72.9 Å². The van der Waals surface area contributed by atoms with Gasteiger partial charge in [-0.1, -0.05) is 25.1 Å². The van der Waals surface area contributed by atoms with E-state index in [0.717, 1.165) is 47.9 Å². The molecular weight excluding hydrogens is 276 g/mol. The average molecular weight is 296 g/mol. The van der Waals surface area contributed by atoms with Gasteiger partial charge < -0.3 is 9.67 Å². The van der Waals surface area contributed by atoms with Gasteiger partial charge in [0.2, 0.25) is 0 Å². The monoisotopic (exact) mass is 296 g/mol. The molecule has 0 aliphatic heterocycles. The number of aromatic nitrogens is 4. The van der Waals surface area contributed by atoms with E-state index in [2.05, 4.69) is 21.6 Å². The van der Waals surface area contributed by atoms with Gasteiger partial charge in [-0.15, -0.1) is 0 Å². The SMILES string of the molecule is CCCCn1c(SCC(=O)O)nc2c(C)nn(CC)c21. The molecule has 7 heteroatoms. The maximum atomic E-state index is 10.8. The van der Waals surface area contributed by atoms with Crippen LogP contribution in [-0.2, 0) is 17.9 Å². The number of thioether (sulfide) groups is 1. The number of imidazole rings is 1. The van der Waals surface area contributed by atoms with Gasteiger partial charge in [0.25, 0.3) is 0 Å². The molecule has 6 nitrogen and oxygen atoms in total. The Balaban J connectivity index is 2.46. The molecule has 0 amide bonds. The number of carboxylic acid groups (broad SMARTS) is 1. The number of nitrogens with zero attached hydrogens (tertiary/aromatic N) is 4. The lowest BCUT2D eigenvalue weighted by Crippen LogP contribution is -2.08. The highest BCUT2D eigenvalue weighted by Crippen LogP contribution is 2.26. The molecule has 110 valence electrons. The first-order valence-electron chi connectivity index (χ1n) is 6.86. The minimum atomic E-state index is -0.821. The predicted octanol–water partition coefficient (Wildman–Crippen LogP) is 2.54. The first-order chi connectivity index (χ1) is 9.58. The number of hydrogen-bond acceptors (Lipinski definition) is 4. The van der Waals surface area contributed by atoms with Gasteiger partial charge >= 0.3 is 5.97 Å². The van der Waals surface area contributed by atoms with Crippen molar-refractivity contribution in [2.45, 2.75) is 51.9 Å². The molecule has 0 spiro atoms. The Morgan fingerprint density at radius 2 is 2.15 bits per heavy atom. The highest BCUT2D eigenvalue weighted by molar-refractivity contribution is 7.99. The Bertz CT molecular complexity index is 617. The van der Waals surface area contributed by atoms with Crippen molar-refractivity contribution in [2.75, 3.05) is 5.75 Å². The highest BCUT2D eigenvalue weighted by Gasteiger charge is 2.18. The van der Waals surface area contributed by atoms with E-state index in [0.29, 0.717) is 0 Å². The Morgan fingerprint density at radius 1 is 1.40 bits per heavy atom. The van der Waals surface area contributed by atoms with Crippen LogP contribution >= 0.6 is 11.8 Å². The number of rotatable bonds is 7. The zero-order valence-electron chi connectivity index (χ0n) is 12.1. The summed E-state index contributed by atoms with van der Waals surface area (Å²) in [6, 6.07) is 0. The summed E-state index contributed by atoms with van der Waals surface area (Å²) < 4.78 is 4.05. The molecule has 0 bridgehead atoms. The molecule has 0 unspecified atom stereocenters. The molecule has 0 saturated carbocycles. The van der Waals surface area contributed by atoms with Gasteiger partial charge in [-0.05, 0) is 20.3 Å². The zero-order valence-corrected chi connectivity index (χ0v) is 12.9. The van der Waals surface area contributed by atoms with Crippen molar-refractivity contribution in [3.8, 4) is 0 Å². The Hall–Kier alpha value is -1.50. The molecule has 0 fully saturated rings. The molecule has 0 atom stereocenters. The molecule has 2 aromatic heterocycles. The second-order valence-electron chi connectivity index (χ2n) is 4.66. The van der Waals surface area contributed by atoms with Crippen molar-refractivity contribution in [3.63, 3.8) is 0 Å². The summed E-state index contributed by atoms with van der Waals surface area (Å²) in [7, 11) is 0. The lowest BCUT2D eigenvalue weighted by atomic mass is 10.3. The molecule has 0 aliphatic carbocycles. The zero-order chi connectivity index (χ0) is 14.7. The predicted molar refractivity (Wildman–Crippen MR) is 79.2 cm³/mol. The fourth-order valence-corrected chi connectivity index (χ4v) is 2.92. The molecule has 20 heavy (non-hydrogen) atoms. The van der Waals surface area contributed by atoms with Crippen LogP contribution in [-0.4, -0.2) is 36.2 Å². The van der Waals surface area contributed by atoms with Crippen LogP contribution in [0.5, 0.6) is 0 Å². The standard InChI is InChI=1S/C13H20N4O2S/c1-4-6-7-16-12-11(9(3)15-17(12)5-2)14-13(16)20-8-10(18)19/h4-8H2,1-3H3,(H,18,19). The van der Waals surface area contributed by atoms with Gasteiger partial charge in [0.05, 0.1) is 11.4 Å². The minimum Gasteiger partial charge on any atom is -0.481 e. The summed E-state index contributed by atoms with van der Waals surface area (Å²) in [6.07, 6.45) is 2.13. The quantitative estimate of drug-likeness (QED) is 0.795. The second-order valence-corrected chi connectivity index (χ2v) is 5.60. The summed E-state index contributed by atoms with van der Waals surface area (Å²) in [5.41, 5.74) is 2.79. The van der Waals surface area contributed by atoms with E-state index in [1.54, 1.807) is 0 Å². The normalized spacial score (nSPS) is 11.3.